The monoisotopic (exact) mass is 346 g/mol. The van der Waals surface area contributed by atoms with Crippen LogP contribution in [0.4, 0.5) is 0 Å². The standard InChI is InChI=1S/C22H22N2O2/c1-26-22(25)20-12-8-3-2-7-11-19(20)21-16-24(15-18(21)13-23)14-17-9-5-4-6-10-17/h2-12,18,21H,14-16H2,1H3/b3-2?,7-2-,8-3-,11-7?,12-8?,19-11+,20-12+,20-19?. The van der Waals surface area contributed by atoms with Gasteiger partial charge in [-0.3, -0.25) is 4.90 Å². The molecule has 1 fully saturated rings. The van der Waals surface area contributed by atoms with Gasteiger partial charge in [0, 0.05) is 25.6 Å². The van der Waals surface area contributed by atoms with Crippen LogP contribution < -0.4 is 0 Å². The third kappa shape index (κ3) is 4.01. The maximum atomic E-state index is 12.3. The van der Waals surface area contributed by atoms with Crippen LogP contribution in [0.1, 0.15) is 5.56 Å². The van der Waals surface area contributed by atoms with E-state index in [1.54, 1.807) is 6.08 Å². The van der Waals surface area contributed by atoms with E-state index in [1.807, 2.05) is 48.6 Å². The average molecular weight is 346 g/mol. The van der Waals surface area contributed by atoms with Crippen LogP contribution in [0.2, 0.25) is 0 Å². The third-order valence-electron chi connectivity index (χ3n) is 4.80. The summed E-state index contributed by atoms with van der Waals surface area (Å²) >= 11 is 0. The Kier molecular flexibility index (Phi) is 5.83. The van der Waals surface area contributed by atoms with Crippen LogP contribution in [-0.2, 0) is 16.1 Å². The summed E-state index contributed by atoms with van der Waals surface area (Å²) in [5.41, 5.74) is 2.63. The summed E-state index contributed by atoms with van der Waals surface area (Å²) in [6.45, 7) is 2.24. The third-order valence-corrected chi connectivity index (χ3v) is 4.80. The zero-order chi connectivity index (χ0) is 18.4. The second-order valence-electron chi connectivity index (χ2n) is 6.49. The molecule has 0 amide bonds. The minimum absolute atomic E-state index is 0.0230. The first kappa shape index (κ1) is 17.9. The van der Waals surface area contributed by atoms with Gasteiger partial charge in [0.15, 0.2) is 0 Å². The first-order valence-electron chi connectivity index (χ1n) is 8.72. The van der Waals surface area contributed by atoms with Gasteiger partial charge >= 0.3 is 5.97 Å². The van der Waals surface area contributed by atoms with E-state index < -0.39 is 0 Å². The summed E-state index contributed by atoms with van der Waals surface area (Å²) in [6, 6.07) is 12.7. The van der Waals surface area contributed by atoms with Crippen molar-refractivity contribution in [2.75, 3.05) is 20.2 Å². The number of rotatable bonds is 4. The van der Waals surface area contributed by atoms with Gasteiger partial charge in [0.2, 0.25) is 0 Å². The van der Waals surface area contributed by atoms with E-state index in [1.165, 1.54) is 12.7 Å². The number of hydrogen-bond donors (Lipinski definition) is 0. The Morgan fingerprint density at radius 3 is 2.58 bits per heavy atom. The van der Waals surface area contributed by atoms with Crippen molar-refractivity contribution in [2.45, 2.75) is 6.54 Å². The predicted molar refractivity (Wildman–Crippen MR) is 101 cm³/mol. The van der Waals surface area contributed by atoms with Gasteiger partial charge in [0.1, 0.15) is 0 Å². The molecule has 0 spiro atoms. The molecule has 0 aromatic heterocycles. The molecule has 1 aliphatic carbocycles. The van der Waals surface area contributed by atoms with Gasteiger partial charge < -0.3 is 4.74 Å². The molecule has 1 aromatic rings. The Balaban J connectivity index is 1.85. The van der Waals surface area contributed by atoms with Gasteiger partial charge in [-0.05, 0) is 17.2 Å². The first-order chi connectivity index (χ1) is 12.7. The number of methoxy groups -OCH3 is 1. The molecule has 1 aromatic carbocycles. The summed E-state index contributed by atoms with van der Waals surface area (Å²) in [5.74, 6) is -0.547. The van der Waals surface area contributed by atoms with E-state index in [0.29, 0.717) is 12.1 Å². The average Bonchev–Trinajstić information content (AvgIpc) is 3.04. The predicted octanol–water partition coefficient (Wildman–Crippen LogP) is 3.41. The lowest BCUT2D eigenvalue weighted by Crippen LogP contribution is -2.22. The number of carbonyl (C=O) groups excluding carboxylic acids is 1. The molecule has 1 saturated heterocycles. The number of nitrogens with zero attached hydrogens (tertiary/aromatic N) is 2. The van der Waals surface area contributed by atoms with E-state index >= 15 is 0 Å². The fraction of sp³-hybridized carbons (Fsp3) is 0.273. The van der Waals surface area contributed by atoms with E-state index in [0.717, 1.165) is 18.7 Å². The molecular weight excluding hydrogens is 324 g/mol. The molecule has 0 saturated carbocycles. The lowest BCUT2D eigenvalue weighted by Gasteiger charge is -2.20. The van der Waals surface area contributed by atoms with Crippen molar-refractivity contribution in [1.82, 2.24) is 4.90 Å². The van der Waals surface area contributed by atoms with Gasteiger partial charge in [-0.2, -0.15) is 5.26 Å². The van der Waals surface area contributed by atoms with Crippen LogP contribution >= 0.6 is 0 Å². The van der Waals surface area contributed by atoms with Crippen molar-refractivity contribution >= 4 is 5.97 Å². The second-order valence-corrected chi connectivity index (χ2v) is 6.49. The van der Waals surface area contributed by atoms with Crippen LogP contribution in [-0.4, -0.2) is 31.1 Å². The molecule has 1 aliphatic heterocycles. The number of benzene rings is 1. The molecular formula is C22H22N2O2. The van der Waals surface area contributed by atoms with Crippen LogP contribution in [0.25, 0.3) is 0 Å². The van der Waals surface area contributed by atoms with Gasteiger partial charge in [-0.25, -0.2) is 4.79 Å². The smallest absolute Gasteiger partial charge is 0.338 e. The Morgan fingerprint density at radius 1 is 1.15 bits per heavy atom. The zero-order valence-corrected chi connectivity index (χ0v) is 14.8. The molecule has 3 rings (SSSR count). The summed E-state index contributed by atoms with van der Waals surface area (Å²) in [7, 11) is 1.39. The highest BCUT2D eigenvalue weighted by molar-refractivity contribution is 5.94. The quantitative estimate of drug-likeness (QED) is 0.784. The minimum atomic E-state index is -0.366. The molecule has 2 unspecified atom stereocenters. The molecule has 2 aliphatic rings. The van der Waals surface area contributed by atoms with Crippen molar-refractivity contribution in [3.05, 3.63) is 83.5 Å². The molecule has 0 bridgehead atoms. The number of esters is 1. The molecule has 2 atom stereocenters. The number of carbonyl (C=O) groups is 1. The topological polar surface area (TPSA) is 53.3 Å². The Hall–Kier alpha value is -2.90. The van der Waals surface area contributed by atoms with E-state index in [4.69, 9.17) is 4.74 Å². The van der Waals surface area contributed by atoms with Crippen LogP contribution in [0.5, 0.6) is 0 Å². The van der Waals surface area contributed by atoms with Crippen molar-refractivity contribution in [3.8, 4) is 6.07 Å². The molecule has 0 radical (unpaired) electrons. The lowest BCUT2D eigenvalue weighted by atomic mass is 9.84. The second kappa shape index (κ2) is 8.46. The number of allylic oxidation sites excluding steroid dienone is 6. The zero-order valence-electron chi connectivity index (χ0n) is 14.8. The van der Waals surface area contributed by atoms with Crippen molar-refractivity contribution in [2.24, 2.45) is 11.8 Å². The van der Waals surface area contributed by atoms with Crippen molar-refractivity contribution in [1.29, 1.82) is 5.26 Å². The number of ether oxygens (including phenoxy) is 1. The molecule has 4 nitrogen and oxygen atoms in total. The summed E-state index contributed by atoms with van der Waals surface area (Å²) in [4.78, 5) is 14.6. The number of likely N-dealkylation sites (tertiary alicyclic amines) is 1. The SMILES string of the molecule is COC(=O)C1=C/C=C\C=C/C=C\1C1CN(Cc2ccccc2)CC1C#N. The molecule has 0 N–H and O–H groups in total. The van der Waals surface area contributed by atoms with Crippen LogP contribution in [0, 0.1) is 23.2 Å². The summed E-state index contributed by atoms with van der Waals surface area (Å²) < 4.78 is 4.96. The summed E-state index contributed by atoms with van der Waals surface area (Å²) in [5, 5.41) is 9.69. The highest BCUT2D eigenvalue weighted by Crippen LogP contribution is 2.35. The highest BCUT2D eigenvalue weighted by atomic mass is 16.5. The molecule has 1 heterocycles. The Labute approximate surface area is 154 Å². The molecule has 4 heteroatoms. The molecule has 26 heavy (non-hydrogen) atoms. The van der Waals surface area contributed by atoms with Gasteiger partial charge in [0.05, 0.1) is 24.7 Å². The first-order valence-corrected chi connectivity index (χ1v) is 8.72. The van der Waals surface area contributed by atoms with Crippen LogP contribution in [0.3, 0.4) is 0 Å². The van der Waals surface area contributed by atoms with Crippen molar-refractivity contribution in [3.63, 3.8) is 0 Å². The Bertz CT molecular complexity index is 812. The van der Waals surface area contributed by atoms with E-state index in [-0.39, 0.29) is 17.8 Å². The number of hydrogen-bond acceptors (Lipinski definition) is 4. The highest BCUT2D eigenvalue weighted by Gasteiger charge is 2.37. The maximum absolute atomic E-state index is 12.3. The maximum Gasteiger partial charge on any atom is 0.338 e. The fourth-order valence-corrected chi connectivity index (χ4v) is 3.55. The Morgan fingerprint density at radius 2 is 1.88 bits per heavy atom. The number of nitriles is 1. The van der Waals surface area contributed by atoms with Gasteiger partial charge in [-0.15, -0.1) is 0 Å². The van der Waals surface area contributed by atoms with E-state index in [9.17, 15) is 10.1 Å². The normalized spacial score (nSPS) is 29.2. The van der Waals surface area contributed by atoms with Crippen LogP contribution in [0.15, 0.2) is 77.9 Å². The summed E-state index contributed by atoms with van der Waals surface area (Å²) in [6.07, 6.45) is 11.2. The largest absolute Gasteiger partial charge is 0.465 e. The van der Waals surface area contributed by atoms with E-state index in [2.05, 4.69) is 23.1 Å². The van der Waals surface area contributed by atoms with Gasteiger partial charge in [0.25, 0.3) is 0 Å². The van der Waals surface area contributed by atoms with Crippen molar-refractivity contribution < 1.29 is 9.53 Å². The van der Waals surface area contributed by atoms with Gasteiger partial charge in [-0.1, -0.05) is 60.7 Å². The molecule has 132 valence electrons. The lowest BCUT2D eigenvalue weighted by molar-refractivity contribution is -0.135. The fourth-order valence-electron chi connectivity index (χ4n) is 3.55. The minimum Gasteiger partial charge on any atom is -0.465 e.